The Kier molecular flexibility index (Phi) is 5.61. The summed E-state index contributed by atoms with van der Waals surface area (Å²) in [5.74, 6) is 0.732. The lowest BCUT2D eigenvalue weighted by atomic mass is 9.91. The summed E-state index contributed by atoms with van der Waals surface area (Å²) in [6, 6.07) is 6.41. The minimum absolute atomic E-state index is 0.183. The van der Waals surface area contributed by atoms with Gasteiger partial charge in [0.1, 0.15) is 17.5 Å². The van der Waals surface area contributed by atoms with Crippen LogP contribution < -0.4 is 4.90 Å². The third-order valence-electron chi connectivity index (χ3n) is 6.59. The highest BCUT2D eigenvalue weighted by molar-refractivity contribution is 5.71. The van der Waals surface area contributed by atoms with Crippen LogP contribution in [0.5, 0.6) is 0 Å². The van der Waals surface area contributed by atoms with E-state index in [1.807, 2.05) is 4.90 Å². The van der Waals surface area contributed by atoms with Gasteiger partial charge in [0, 0.05) is 57.8 Å². The van der Waals surface area contributed by atoms with Crippen molar-refractivity contribution in [1.29, 1.82) is 5.26 Å². The number of nitrogens with zero attached hydrogens (tertiary/aromatic N) is 6. The fourth-order valence-electron chi connectivity index (χ4n) is 4.69. The predicted octanol–water partition coefficient (Wildman–Crippen LogP) is 1.38. The van der Waals surface area contributed by atoms with Crippen LogP contribution in [0.15, 0.2) is 18.3 Å². The van der Waals surface area contributed by atoms with Crippen molar-refractivity contribution < 1.29 is 9.53 Å². The lowest BCUT2D eigenvalue weighted by molar-refractivity contribution is 0.0365. The van der Waals surface area contributed by atoms with Crippen molar-refractivity contribution in [2.45, 2.75) is 30.9 Å². The second-order valence-electron chi connectivity index (χ2n) is 8.65. The number of carbonyl (C=O) groups is 1. The molecule has 0 aliphatic carbocycles. The number of ether oxygens (including phenoxy) is 1. The molecule has 3 fully saturated rings. The summed E-state index contributed by atoms with van der Waals surface area (Å²) in [5, 5.41) is 9.32. The topological polar surface area (TPSA) is 75.9 Å². The van der Waals surface area contributed by atoms with Crippen LogP contribution in [0.4, 0.5) is 10.6 Å². The third-order valence-corrected chi connectivity index (χ3v) is 6.59. The van der Waals surface area contributed by atoms with Crippen molar-refractivity contribution in [3.63, 3.8) is 0 Å². The summed E-state index contributed by atoms with van der Waals surface area (Å²) in [6.45, 7) is 5.94. The van der Waals surface area contributed by atoms with E-state index in [2.05, 4.69) is 39.8 Å². The number of hydrogen-bond acceptors (Lipinski definition) is 7. The summed E-state index contributed by atoms with van der Waals surface area (Å²) in [4.78, 5) is 25.6. The van der Waals surface area contributed by atoms with Crippen LogP contribution in [-0.4, -0.2) is 97.3 Å². The molecule has 1 atom stereocenters. The van der Waals surface area contributed by atoms with E-state index >= 15 is 0 Å². The largest absolute Gasteiger partial charge is 0.441 e. The Hall–Kier alpha value is -2.37. The smallest absolute Gasteiger partial charge is 0.410 e. The summed E-state index contributed by atoms with van der Waals surface area (Å²) in [5.41, 5.74) is 0.196. The lowest BCUT2D eigenvalue weighted by Crippen LogP contribution is -2.47. The first-order chi connectivity index (χ1) is 14.0. The van der Waals surface area contributed by atoms with E-state index in [1.165, 1.54) is 6.42 Å². The van der Waals surface area contributed by atoms with Gasteiger partial charge in [0.15, 0.2) is 0 Å². The molecule has 3 aliphatic heterocycles. The molecule has 0 saturated carbocycles. The number of likely N-dealkylation sites (tertiary alicyclic amines) is 1. The van der Waals surface area contributed by atoms with Crippen molar-refractivity contribution in [3.05, 3.63) is 23.9 Å². The molecule has 0 bridgehead atoms. The number of piperidine rings is 1. The van der Waals surface area contributed by atoms with Gasteiger partial charge < -0.3 is 19.4 Å². The fourth-order valence-corrected chi connectivity index (χ4v) is 4.69. The molecule has 3 saturated heterocycles. The van der Waals surface area contributed by atoms with Gasteiger partial charge in [-0.15, -0.1) is 0 Å². The van der Waals surface area contributed by atoms with E-state index in [-0.39, 0.29) is 6.09 Å². The normalized spacial score (nSPS) is 24.3. The van der Waals surface area contributed by atoms with Crippen molar-refractivity contribution >= 4 is 11.9 Å². The first-order valence-corrected chi connectivity index (χ1v) is 10.5. The maximum atomic E-state index is 12.5. The Labute approximate surface area is 172 Å². The molecule has 0 aromatic carbocycles. The molecule has 1 unspecified atom stereocenters. The average molecular weight is 399 g/mol. The number of amides is 1. The highest BCUT2D eigenvalue weighted by Crippen LogP contribution is 2.35. The number of nitriles is 1. The van der Waals surface area contributed by atoms with Gasteiger partial charge in [-0.2, -0.15) is 5.26 Å². The molecule has 29 heavy (non-hydrogen) atoms. The average Bonchev–Trinajstić information content (AvgIpc) is 3.32. The summed E-state index contributed by atoms with van der Waals surface area (Å²) in [7, 11) is 4.26. The number of rotatable bonds is 5. The second kappa shape index (κ2) is 8.17. The van der Waals surface area contributed by atoms with Crippen molar-refractivity contribution in [2.75, 3.05) is 64.8 Å². The van der Waals surface area contributed by atoms with Gasteiger partial charge >= 0.3 is 6.09 Å². The van der Waals surface area contributed by atoms with E-state index < -0.39 is 5.60 Å². The zero-order valence-electron chi connectivity index (χ0n) is 17.4. The number of aromatic nitrogens is 1. The molecule has 1 amide bonds. The van der Waals surface area contributed by atoms with Crippen molar-refractivity contribution in [1.82, 2.24) is 19.7 Å². The van der Waals surface area contributed by atoms with Gasteiger partial charge in [-0.05, 0) is 39.2 Å². The summed E-state index contributed by atoms with van der Waals surface area (Å²) >= 11 is 0. The molecule has 8 heteroatoms. The molecule has 156 valence electrons. The molecule has 3 aliphatic rings. The molecular weight excluding hydrogens is 368 g/mol. The molecule has 1 spiro atoms. The molecule has 1 aromatic heterocycles. The van der Waals surface area contributed by atoms with Gasteiger partial charge in [0.2, 0.25) is 0 Å². The van der Waals surface area contributed by atoms with Crippen LogP contribution in [0.1, 0.15) is 24.8 Å². The molecule has 4 heterocycles. The number of pyridine rings is 1. The lowest BCUT2D eigenvalue weighted by Gasteiger charge is -2.38. The first kappa shape index (κ1) is 19.9. The molecule has 4 rings (SSSR count). The van der Waals surface area contributed by atoms with Crippen LogP contribution in [-0.2, 0) is 4.74 Å². The number of hydrogen-bond donors (Lipinski definition) is 0. The highest BCUT2D eigenvalue weighted by Gasteiger charge is 2.47. The van der Waals surface area contributed by atoms with Gasteiger partial charge in [0.25, 0.3) is 0 Å². The Morgan fingerprint density at radius 3 is 2.79 bits per heavy atom. The first-order valence-electron chi connectivity index (χ1n) is 10.5. The van der Waals surface area contributed by atoms with Gasteiger partial charge in [-0.25, -0.2) is 9.78 Å². The third kappa shape index (κ3) is 4.16. The van der Waals surface area contributed by atoms with Crippen LogP contribution in [0.2, 0.25) is 0 Å². The zero-order chi connectivity index (χ0) is 20.4. The predicted molar refractivity (Wildman–Crippen MR) is 110 cm³/mol. The van der Waals surface area contributed by atoms with Crippen molar-refractivity contribution in [2.24, 2.45) is 0 Å². The van der Waals surface area contributed by atoms with E-state index in [4.69, 9.17) is 4.74 Å². The Morgan fingerprint density at radius 1 is 1.31 bits per heavy atom. The van der Waals surface area contributed by atoms with Crippen LogP contribution in [0.25, 0.3) is 0 Å². The SMILES string of the molecule is CN(C)C1CCN(CCN2CC3(CCN(c4ncccc4C#N)CC3)OC2=O)C1. The quantitative estimate of drug-likeness (QED) is 0.742. The minimum atomic E-state index is -0.396. The standard InChI is InChI=1S/C21H30N6O2/c1-24(2)18-5-9-25(15-18)12-13-27-16-21(29-20(27)28)6-10-26(11-7-21)19-17(14-22)4-3-8-23-19/h3-4,8,18H,5-7,9-13,15-16H2,1-2H3. The molecular formula is C21H30N6O2. The number of anilines is 1. The Bertz CT molecular complexity index is 784. The van der Waals surface area contributed by atoms with Gasteiger partial charge in [0.05, 0.1) is 12.1 Å². The second-order valence-corrected chi connectivity index (χ2v) is 8.65. The van der Waals surface area contributed by atoms with Gasteiger partial charge in [-0.1, -0.05) is 0 Å². The maximum Gasteiger partial charge on any atom is 0.410 e. The maximum absolute atomic E-state index is 12.5. The molecule has 1 aromatic rings. The van der Waals surface area contributed by atoms with E-state index in [9.17, 15) is 10.1 Å². The molecule has 0 N–H and O–H groups in total. The van der Waals surface area contributed by atoms with Crippen LogP contribution >= 0.6 is 0 Å². The number of carbonyl (C=O) groups excluding carboxylic acids is 1. The molecule has 0 radical (unpaired) electrons. The number of likely N-dealkylation sites (N-methyl/N-ethyl adjacent to an activating group) is 1. The molecule has 8 nitrogen and oxygen atoms in total. The van der Waals surface area contributed by atoms with E-state index in [1.54, 1.807) is 18.3 Å². The summed E-state index contributed by atoms with van der Waals surface area (Å²) in [6.07, 6.45) is 4.26. The summed E-state index contributed by atoms with van der Waals surface area (Å²) < 4.78 is 5.87. The van der Waals surface area contributed by atoms with Gasteiger partial charge in [-0.3, -0.25) is 4.90 Å². The Morgan fingerprint density at radius 2 is 2.10 bits per heavy atom. The zero-order valence-corrected chi connectivity index (χ0v) is 17.4. The van der Waals surface area contributed by atoms with Crippen LogP contribution in [0.3, 0.4) is 0 Å². The highest BCUT2D eigenvalue weighted by atomic mass is 16.6. The minimum Gasteiger partial charge on any atom is -0.441 e. The van der Waals surface area contributed by atoms with E-state index in [0.29, 0.717) is 18.2 Å². The van der Waals surface area contributed by atoms with Crippen molar-refractivity contribution in [3.8, 4) is 6.07 Å². The van der Waals surface area contributed by atoms with E-state index in [0.717, 1.165) is 57.9 Å². The fraction of sp³-hybridized carbons (Fsp3) is 0.667. The Balaban J connectivity index is 1.30. The monoisotopic (exact) mass is 398 g/mol. The van der Waals surface area contributed by atoms with Crippen LogP contribution in [0, 0.1) is 11.3 Å².